The van der Waals surface area contributed by atoms with Crippen molar-refractivity contribution >= 4 is 28.5 Å². The van der Waals surface area contributed by atoms with Crippen molar-refractivity contribution < 1.29 is 4.79 Å². The second-order valence-electron chi connectivity index (χ2n) is 6.29. The van der Waals surface area contributed by atoms with Crippen molar-refractivity contribution in [2.45, 2.75) is 32.6 Å². The zero-order chi connectivity index (χ0) is 16.4. The zero-order valence-corrected chi connectivity index (χ0v) is 14.7. The van der Waals surface area contributed by atoms with Crippen molar-refractivity contribution in [1.29, 1.82) is 0 Å². The highest BCUT2D eigenvalue weighted by molar-refractivity contribution is 7.16. The standard InChI is InChI=1S/C19H22N2OS/c1-13-8-10-14(11-9-13)18(22)17-15-6-4-5-7-16(15)23-19(17)20-12-21(2)3/h8-12H,4-7H2,1-3H3/b20-12+. The van der Waals surface area contributed by atoms with Gasteiger partial charge in [-0.3, -0.25) is 4.79 Å². The molecule has 0 saturated heterocycles. The molecular formula is C19H22N2OS. The van der Waals surface area contributed by atoms with Crippen LogP contribution in [0.15, 0.2) is 29.3 Å². The Labute approximate surface area is 141 Å². The molecule has 3 nitrogen and oxygen atoms in total. The van der Waals surface area contributed by atoms with Gasteiger partial charge in [-0.15, -0.1) is 11.3 Å². The Balaban J connectivity index is 2.06. The number of hydrogen-bond donors (Lipinski definition) is 0. The molecule has 1 aromatic heterocycles. The number of benzene rings is 1. The van der Waals surface area contributed by atoms with Crippen LogP contribution < -0.4 is 0 Å². The lowest BCUT2D eigenvalue weighted by Crippen LogP contribution is -2.09. The molecule has 1 aromatic carbocycles. The van der Waals surface area contributed by atoms with Crippen molar-refractivity contribution in [3.05, 3.63) is 51.4 Å². The molecule has 4 heteroatoms. The van der Waals surface area contributed by atoms with Gasteiger partial charge in [-0.2, -0.15) is 0 Å². The van der Waals surface area contributed by atoms with E-state index in [0.717, 1.165) is 35.4 Å². The third-order valence-corrected chi connectivity index (χ3v) is 5.30. The SMILES string of the molecule is Cc1ccc(C(=O)c2c(/N=C/N(C)C)sc3c2CCCC3)cc1. The van der Waals surface area contributed by atoms with Gasteiger partial charge in [0, 0.05) is 24.5 Å². The van der Waals surface area contributed by atoms with Crippen LogP contribution in [0.4, 0.5) is 5.00 Å². The first kappa shape index (κ1) is 15.9. The predicted octanol–water partition coefficient (Wildman–Crippen LogP) is 4.39. The zero-order valence-electron chi connectivity index (χ0n) is 13.9. The molecule has 0 radical (unpaired) electrons. The van der Waals surface area contributed by atoms with Crippen LogP contribution in [0.3, 0.4) is 0 Å². The van der Waals surface area contributed by atoms with E-state index >= 15 is 0 Å². The number of ketones is 1. The van der Waals surface area contributed by atoms with Gasteiger partial charge in [-0.1, -0.05) is 29.8 Å². The van der Waals surface area contributed by atoms with E-state index in [-0.39, 0.29) is 5.78 Å². The number of carbonyl (C=O) groups is 1. The maximum absolute atomic E-state index is 13.1. The minimum atomic E-state index is 0.107. The van der Waals surface area contributed by atoms with Gasteiger partial charge in [0.05, 0.1) is 11.9 Å². The molecule has 2 aromatic rings. The molecule has 23 heavy (non-hydrogen) atoms. The quantitative estimate of drug-likeness (QED) is 0.474. The Morgan fingerprint density at radius 2 is 1.87 bits per heavy atom. The molecule has 1 aliphatic carbocycles. The Kier molecular flexibility index (Phi) is 4.62. The third kappa shape index (κ3) is 3.37. The minimum Gasteiger partial charge on any atom is -0.369 e. The Hall–Kier alpha value is -1.94. The molecule has 0 atom stereocenters. The molecule has 0 fully saturated rings. The number of aliphatic imine (C=N–C) groups is 1. The smallest absolute Gasteiger partial charge is 0.196 e. The average molecular weight is 326 g/mol. The summed E-state index contributed by atoms with van der Waals surface area (Å²) in [6.45, 7) is 2.04. The van der Waals surface area contributed by atoms with Crippen molar-refractivity contribution in [1.82, 2.24) is 4.90 Å². The number of aryl methyl sites for hydroxylation is 2. The first-order valence-electron chi connectivity index (χ1n) is 8.03. The van der Waals surface area contributed by atoms with Gasteiger partial charge in [0.1, 0.15) is 5.00 Å². The molecule has 0 bridgehead atoms. The molecule has 1 aliphatic rings. The second-order valence-corrected chi connectivity index (χ2v) is 7.38. The summed E-state index contributed by atoms with van der Waals surface area (Å²) in [5.41, 5.74) is 3.98. The number of carbonyl (C=O) groups excluding carboxylic acids is 1. The van der Waals surface area contributed by atoms with Gasteiger partial charge in [0.2, 0.25) is 0 Å². The predicted molar refractivity (Wildman–Crippen MR) is 97.4 cm³/mol. The first-order chi connectivity index (χ1) is 11.1. The maximum Gasteiger partial charge on any atom is 0.196 e. The number of fused-ring (bicyclic) bond motifs is 1. The van der Waals surface area contributed by atoms with Crippen LogP contribution in [0.25, 0.3) is 0 Å². The minimum absolute atomic E-state index is 0.107. The fraction of sp³-hybridized carbons (Fsp3) is 0.368. The molecule has 0 saturated carbocycles. The molecule has 0 amide bonds. The van der Waals surface area contributed by atoms with Crippen LogP contribution in [-0.4, -0.2) is 31.1 Å². The summed E-state index contributed by atoms with van der Waals surface area (Å²) in [7, 11) is 3.89. The summed E-state index contributed by atoms with van der Waals surface area (Å²) in [4.78, 5) is 20.9. The largest absolute Gasteiger partial charge is 0.369 e. The van der Waals surface area contributed by atoms with Gasteiger partial charge >= 0.3 is 0 Å². The van der Waals surface area contributed by atoms with E-state index < -0.39 is 0 Å². The topological polar surface area (TPSA) is 32.7 Å². The van der Waals surface area contributed by atoms with Crippen molar-refractivity contribution in [3.8, 4) is 0 Å². The third-order valence-electron chi connectivity index (χ3n) is 4.10. The van der Waals surface area contributed by atoms with Crippen molar-refractivity contribution in [2.75, 3.05) is 14.1 Å². The summed E-state index contributed by atoms with van der Waals surface area (Å²) < 4.78 is 0. The Morgan fingerprint density at radius 3 is 2.57 bits per heavy atom. The van der Waals surface area contributed by atoms with Gasteiger partial charge in [-0.25, -0.2) is 4.99 Å². The van der Waals surface area contributed by atoms with E-state index in [9.17, 15) is 4.79 Å². The van der Waals surface area contributed by atoms with Crippen LogP contribution in [0.2, 0.25) is 0 Å². The lowest BCUT2D eigenvalue weighted by molar-refractivity contribution is 0.103. The Bertz CT molecular complexity index is 741. The van der Waals surface area contributed by atoms with Crippen molar-refractivity contribution in [2.24, 2.45) is 4.99 Å². The van der Waals surface area contributed by atoms with E-state index in [0.29, 0.717) is 0 Å². The molecule has 3 rings (SSSR count). The van der Waals surface area contributed by atoms with Crippen LogP contribution in [-0.2, 0) is 12.8 Å². The monoisotopic (exact) mass is 326 g/mol. The highest BCUT2D eigenvalue weighted by Gasteiger charge is 2.25. The summed E-state index contributed by atoms with van der Waals surface area (Å²) in [5, 5.41) is 0.858. The van der Waals surface area contributed by atoms with E-state index in [2.05, 4.69) is 4.99 Å². The van der Waals surface area contributed by atoms with E-state index in [1.807, 2.05) is 50.2 Å². The van der Waals surface area contributed by atoms with Crippen molar-refractivity contribution in [3.63, 3.8) is 0 Å². The lowest BCUT2D eigenvalue weighted by Gasteiger charge is -2.12. The second kappa shape index (κ2) is 6.67. The number of hydrogen-bond acceptors (Lipinski definition) is 3. The summed E-state index contributed by atoms with van der Waals surface area (Å²) in [5.74, 6) is 0.107. The normalized spacial score (nSPS) is 14.0. The molecule has 0 spiro atoms. The van der Waals surface area contributed by atoms with Gasteiger partial charge in [0.25, 0.3) is 0 Å². The van der Waals surface area contributed by atoms with E-state index in [1.54, 1.807) is 17.7 Å². The highest BCUT2D eigenvalue weighted by atomic mass is 32.1. The van der Waals surface area contributed by atoms with Crippen LogP contribution in [0.1, 0.15) is 44.8 Å². The number of nitrogens with zero attached hydrogens (tertiary/aromatic N) is 2. The summed E-state index contributed by atoms with van der Waals surface area (Å²) >= 11 is 1.68. The lowest BCUT2D eigenvalue weighted by atomic mass is 9.92. The first-order valence-corrected chi connectivity index (χ1v) is 8.84. The van der Waals surface area contributed by atoms with Gasteiger partial charge in [0.15, 0.2) is 5.78 Å². The molecule has 120 valence electrons. The summed E-state index contributed by atoms with van der Waals surface area (Å²) in [6, 6.07) is 7.83. The summed E-state index contributed by atoms with van der Waals surface area (Å²) in [6.07, 6.45) is 6.22. The Morgan fingerprint density at radius 1 is 1.17 bits per heavy atom. The van der Waals surface area contributed by atoms with Gasteiger partial charge in [-0.05, 0) is 38.2 Å². The van der Waals surface area contributed by atoms with Crippen LogP contribution in [0, 0.1) is 6.92 Å². The van der Waals surface area contributed by atoms with E-state index in [4.69, 9.17) is 0 Å². The maximum atomic E-state index is 13.1. The highest BCUT2D eigenvalue weighted by Crippen LogP contribution is 2.40. The average Bonchev–Trinajstić information content (AvgIpc) is 2.91. The number of rotatable bonds is 4. The fourth-order valence-corrected chi connectivity index (χ4v) is 4.12. The molecule has 1 heterocycles. The van der Waals surface area contributed by atoms with E-state index in [1.165, 1.54) is 22.4 Å². The van der Waals surface area contributed by atoms with Crippen LogP contribution in [0.5, 0.6) is 0 Å². The molecule has 0 N–H and O–H groups in total. The van der Waals surface area contributed by atoms with Gasteiger partial charge < -0.3 is 4.90 Å². The van der Waals surface area contributed by atoms with Crippen LogP contribution >= 0.6 is 11.3 Å². The molecule has 0 aliphatic heterocycles. The number of thiophene rings is 1. The molecule has 0 unspecified atom stereocenters. The fourth-order valence-electron chi connectivity index (χ4n) is 2.89. The molecular weight excluding hydrogens is 304 g/mol.